The number of amides is 1. The van der Waals surface area contributed by atoms with Gasteiger partial charge in [-0.2, -0.15) is 0 Å². The average Bonchev–Trinajstić information content (AvgIpc) is 2.52. The number of hydrogen-bond donors (Lipinski definition) is 0. The number of nitro groups is 1. The van der Waals surface area contributed by atoms with Crippen LogP contribution in [0.4, 0.5) is 11.4 Å². The van der Waals surface area contributed by atoms with Gasteiger partial charge in [-0.1, -0.05) is 43.0 Å². The Bertz CT molecular complexity index is 711. The number of anilines is 1. The lowest BCUT2D eigenvalue weighted by molar-refractivity contribution is -0.384. The van der Waals surface area contributed by atoms with Crippen LogP contribution in [0.2, 0.25) is 0 Å². The molecule has 0 bridgehead atoms. The zero-order valence-corrected chi connectivity index (χ0v) is 12.2. The second-order valence-corrected chi connectivity index (χ2v) is 4.80. The molecule has 0 aliphatic heterocycles. The van der Waals surface area contributed by atoms with E-state index in [2.05, 4.69) is 6.58 Å². The van der Waals surface area contributed by atoms with E-state index in [4.69, 9.17) is 0 Å². The van der Waals surface area contributed by atoms with Gasteiger partial charge in [0.1, 0.15) is 0 Å². The molecule has 0 aliphatic rings. The molecule has 0 aromatic heterocycles. The molecule has 5 nitrogen and oxygen atoms in total. The van der Waals surface area contributed by atoms with E-state index in [0.717, 1.165) is 5.56 Å². The van der Waals surface area contributed by atoms with Gasteiger partial charge in [0.25, 0.3) is 5.69 Å². The summed E-state index contributed by atoms with van der Waals surface area (Å²) >= 11 is 0. The zero-order chi connectivity index (χ0) is 16.1. The molecule has 2 aromatic carbocycles. The van der Waals surface area contributed by atoms with Crippen LogP contribution in [0.15, 0.2) is 55.1 Å². The van der Waals surface area contributed by atoms with E-state index < -0.39 is 4.92 Å². The lowest BCUT2D eigenvalue weighted by Gasteiger charge is -2.23. The van der Waals surface area contributed by atoms with Crippen molar-refractivity contribution in [2.45, 2.75) is 13.5 Å². The van der Waals surface area contributed by atoms with Crippen molar-refractivity contribution in [1.29, 1.82) is 0 Å². The van der Waals surface area contributed by atoms with Gasteiger partial charge >= 0.3 is 0 Å². The summed E-state index contributed by atoms with van der Waals surface area (Å²) in [6.07, 6.45) is 1.52. The van der Waals surface area contributed by atoms with Crippen molar-refractivity contribution < 1.29 is 9.72 Å². The molecule has 0 N–H and O–H groups in total. The summed E-state index contributed by atoms with van der Waals surface area (Å²) < 4.78 is 0. The van der Waals surface area contributed by atoms with Crippen molar-refractivity contribution in [2.24, 2.45) is 0 Å². The second-order valence-electron chi connectivity index (χ2n) is 4.80. The summed E-state index contributed by atoms with van der Waals surface area (Å²) in [7, 11) is 0. The van der Waals surface area contributed by atoms with Gasteiger partial charge < -0.3 is 4.90 Å². The quantitative estimate of drug-likeness (QED) is 0.623. The minimum atomic E-state index is -0.466. The van der Waals surface area contributed by atoms with Crippen LogP contribution in [0.3, 0.4) is 0 Å². The first kappa shape index (κ1) is 15.4. The molecular weight excluding hydrogens is 280 g/mol. The van der Waals surface area contributed by atoms with E-state index in [0.29, 0.717) is 17.8 Å². The van der Waals surface area contributed by atoms with E-state index in [1.54, 1.807) is 11.0 Å². The number of nitrogens with zero attached hydrogens (tertiary/aromatic N) is 2. The molecule has 0 radical (unpaired) electrons. The molecule has 0 unspecified atom stereocenters. The maximum absolute atomic E-state index is 12.0. The molecule has 0 spiro atoms. The van der Waals surface area contributed by atoms with E-state index in [-0.39, 0.29) is 11.6 Å². The van der Waals surface area contributed by atoms with Crippen LogP contribution in [0, 0.1) is 10.1 Å². The molecule has 22 heavy (non-hydrogen) atoms. The predicted octanol–water partition coefficient (Wildman–Crippen LogP) is 3.79. The van der Waals surface area contributed by atoms with Crippen molar-refractivity contribution >= 4 is 23.4 Å². The van der Waals surface area contributed by atoms with Crippen LogP contribution in [-0.2, 0) is 11.3 Å². The molecule has 0 saturated heterocycles. The maximum atomic E-state index is 12.0. The molecule has 0 atom stereocenters. The fourth-order valence-corrected chi connectivity index (χ4v) is 2.20. The summed E-state index contributed by atoms with van der Waals surface area (Å²) in [5.74, 6) is -0.138. The number of carbonyl (C=O) groups excluding carboxylic acids is 1. The molecule has 1 amide bonds. The average molecular weight is 296 g/mol. The molecule has 2 aromatic rings. The molecule has 0 heterocycles. The van der Waals surface area contributed by atoms with E-state index >= 15 is 0 Å². The Hall–Kier alpha value is -2.95. The topological polar surface area (TPSA) is 63.5 Å². The highest BCUT2D eigenvalue weighted by Crippen LogP contribution is 2.28. The zero-order valence-electron chi connectivity index (χ0n) is 12.2. The van der Waals surface area contributed by atoms with Crippen LogP contribution < -0.4 is 4.90 Å². The van der Waals surface area contributed by atoms with Crippen molar-refractivity contribution in [2.75, 3.05) is 4.90 Å². The molecule has 2 rings (SSSR count). The highest BCUT2D eigenvalue weighted by Gasteiger charge is 2.17. The third-order valence-corrected chi connectivity index (χ3v) is 3.30. The predicted molar refractivity (Wildman–Crippen MR) is 86.5 cm³/mol. The molecule has 0 fully saturated rings. The first-order chi connectivity index (χ1) is 10.5. The molecule has 5 heteroatoms. The maximum Gasteiger partial charge on any atom is 0.270 e. The summed E-state index contributed by atoms with van der Waals surface area (Å²) in [6.45, 7) is 5.55. The lowest BCUT2D eigenvalue weighted by atomic mass is 10.1. The Morgan fingerprint density at radius 3 is 2.50 bits per heavy atom. The van der Waals surface area contributed by atoms with E-state index in [9.17, 15) is 14.9 Å². The standard InChI is InChI=1S/C17H16N2O3/c1-3-15-11-16(19(21)22)9-10-17(15)18(13(2)20)12-14-7-5-4-6-8-14/h3-11H,1,12H2,2H3. The highest BCUT2D eigenvalue weighted by atomic mass is 16.6. The minimum Gasteiger partial charge on any atom is -0.308 e. The summed E-state index contributed by atoms with van der Waals surface area (Å²) in [5.41, 5.74) is 2.12. The van der Waals surface area contributed by atoms with Gasteiger partial charge in [-0.15, -0.1) is 0 Å². The SMILES string of the molecule is C=Cc1cc([N+](=O)[O-])ccc1N(Cc1ccccc1)C(C)=O. The smallest absolute Gasteiger partial charge is 0.270 e. The van der Waals surface area contributed by atoms with Gasteiger partial charge in [-0.05, 0) is 11.6 Å². The minimum absolute atomic E-state index is 0.0261. The van der Waals surface area contributed by atoms with Crippen molar-refractivity contribution in [3.8, 4) is 0 Å². The number of rotatable bonds is 5. The third-order valence-electron chi connectivity index (χ3n) is 3.30. The summed E-state index contributed by atoms with van der Waals surface area (Å²) in [4.78, 5) is 24.0. The Balaban J connectivity index is 2.42. The van der Waals surface area contributed by atoms with Gasteiger partial charge in [-0.25, -0.2) is 0 Å². The van der Waals surface area contributed by atoms with Gasteiger partial charge in [-0.3, -0.25) is 14.9 Å². The van der Waals surface area contributed by atoms with E-state index in [1.807, 2.05) is 30.3 Å². The Morgan fingerprint density at radius 2 is 1.95 bits per heavy atom. The lowest BCUT2D eigenvalue weighted by Crippen LogP contribution is -2.28. The van der Waals surface area contributed by atoms with Gasteiger partial charge in [0.05, 0.1) is 17.2 Å². The fourth-order valence-electron chi connectivity index (χ4n) is 2.20. The van der Waals surface area contributed by atoms with Gasteiger partial charge in [0.15, 0.2) is 0 Å². The molecular formula is C17H16N2O3. The van der Waals surface area contributed by atoms with Crippen LogP contribution in [-0.4, -0.2) is 10.8 Å². The Morgan fingerprint density at radius 1 is 1.27 bits per heavy atom. The first-order valence-electron chi connectivity index (χ1n) is 6.76. The number of hydrogen-bond acceptors (Lipinski definition) is 3. The number of nitro benzene ring substituents is 1. The van der Waals surface area contributed by atoms with Gasteiger partial charge in [0, 0.05) is 24.6 Å². The first-order valence-corrected chi connectivity index (χ1v) is 6.76. The summed E-state index contributed by atoms with van der Waals surface area (Å²) in [6, 6.07) is 14.0. The van der Waals surface area contributed by atoms with Crippen LogP contribution in [0.25, 0.3) is 6.08 Å². The second kappa shape index (κ2) is 6.67. The number of benzene rings is 2. The molecule has 0 aliphatic carbocycles. The van der Waals surface area contributed by atoms with Gasteiger partial charge in [0.2, 0.25) is 5.91 Å². The Labute approximate surface area is 128 Å². The van der Waals surface area contributed by atoms with Crippen LogP contribution >= 0.6 is 0 Å². The van der Waals surface area contributed by atoms with Crippen molar-refractivity contribution in [3.63, 3.8) is 0 Å². The van der Waals surface area contributed by atoms with Crippen molar-refractivity contribution in [1.82, 2.24) is 0 Å². The van der Waals surface area contributed by atoms with Crippen molar-refractivity contribution in [3.05, 3.63) is 76.4 Å². The third kappa shape index (κ3) is 3.38. The summed E-state index contributed by atoms with van der Waals surface area (Å²) in [5, 5.41) is 10.9. The molecule has 0 saturated carbocycles. The normalized spacial score (nSPS) is 10.0. The Kier molecular flexibility index (Phi) is 4.68. The van der Waals surface area contributed by atoms with Crippen LogP contribution in [0.5, 0.6) is 0 Å². The number of non-ortho nitro benzene ring substituents is 1. The fraction of sp³-hybridized carbons (Fsp3) is 0.118. The number of carbonyl (C=O) groups is 1. The molecule has 112 valence electrons. The highest BCUT2D eigenvalue weighted by molar-refractivity contribution is 5.94. The van der Waals surface area contributed by atoms with Crippen LogP contribution in [0.1, 0.15) is 18.1 Å². The van der Waals surface area contributed by atoms with E-state index in [1.165, 1.54) is 25.1 Å². The monoisotopic (exact) mass is 296 g/mol. The largest absolute Gasteiger partial charge is 0.308 e.